The van der Waals surface area contributed by atoms with Crippen LogP contribution in [0.3, 0.4) is 0 Å². The van der Waals surface area contributed by atoms with Crippen LogP contribution in [0.25, 0.3) is 54.6 Å². The fraction of sp³-hybridized carbons (Fsp3) is 0.421. The normalized spacial score (nSPS) is 12.2. The topological polar surface area (TPSA) is 26.3 Å². The quantitative estimate of drug-likeness (QED) is 0.130. The van der Waals surface area contributed by atoms with Crippen LogP contribution in [0.4, 0.5) is 0 Å². The van der Waals surface area contributed by atoms with Crippen LogP contribution in [0, 0.1) is 0 Å². The maximum atomic E-state index is 6.65. The van der Waals surface area contributed by atoms with Crippen molar-refractivity contribution in [2.45, 2.75) is 104 Å². The summed E-state index contributed by atoms with van der Waals surface area (Å²) in [4.78, 5) is 0. The summed E-state index contributed by atoms with van der Waals surface area (Å²) in [5.74, 6) is 0. The van der Waals surface area contributed by atoms with Crippen molar-refractivity contribution in [1.82, 2.24) is 0 Å². The summed E-state index contributed by atoms with van der Waals surface area (Å²) >= 11 is 0. The van der Waals surface area contributed by atoms with Crippen molar-refractivity contribution in [3.05, 3.63) is 71.8 Å². The van der Waals surface area contributed by atoms with Gasteiger partial charge in [-0.25, -0.2) is 0 Å². The zero-order chi connectivity index (χ0) is 27.3. The van der Waals surface area contributed by atoms with E-state index in [1.807, 2.05) is 0 Å². The Balaban J connectivity index is 1.35. The van der Waals surface area contributed by atoms with Crippen molar-refractivity contribution >= 4 is 54.6 Å². The van der Waals surface area contributed by atoms with E-state index in [0.29, 0.717) is 0 Å². The summed E-state index contributed by atoms with van der Waals surface area (Å²) < 4.78 is 13.3. The van der Waals surface area contributed by atoms with Crippen LogP contribution < -0.4 is 0 Å². The predicted octanol–water partition coefficient (Wildman–Crippen LogP) is 12.4. The summed E-state index contributed by atoms with van der Waals surface area (Å²) in [6, 6.07) is 22.4. The molecule has 0 fully saturated rings. The molecule has 2 heterocycles. The molecule has 208 valence electrons. The largest absolute Gasteiger partial charge is 0.452 e. The highest BCUT2D eigenvalue weighted by Gasteiger charge is 2.21. The lowest BCUT2D eigenvalue weighted by atomic mass is 9.97. The molecule has 0 saturated heterocycles. The molecular weight excluding hydrogens is 488 g/mol. The average Bonchev–Trinajstić information content (AvgIpc) is 3.55. The average molecular weight is 533 g/mol. The molecule has 4 aromatic carbocycles. The minimum atomic E-state index is 0.883. The van der Waals surface area contributed by atoms with Gasteiger partial charge in [0.1, 0.15) is 11.2 Å². The Morgan fingerprint density at radius 2 is 0.875 bits per heavy atom. The lowest BCUT2D eigenvalue weighted by Crippen LogP contribution is -1.86. The molecule has 2 nitrogen and oxygen atoms in total. The van der Waals surface area contributed by atoms with Gasteiger partial charge in [-0.15, -0.1) is 0 Å². The molecule has 0 amide bonds. The van der Waals surface area contributed by atoms with E-state index in [9.17, 15) is 0 Å². The Morgan fingerprint density at radius 3 is 1.32 bits per heavy atom. The Labute approximate surface area is 238 Å². The van der Waals surface area contributed by atoms with Crippen molar-refractivity contribution in [2.24, 2.45) is 0 Å². The maximum absolute atomic E-state index is 6.65. The molecule has 0 spiro atoms. The molecule has 40 heavy (non-hydrogen) atoms. The van der Waals surface area contributed by atoms with E-state index >= 15 is 0 Å². The number of benzene rings is 4. The molecule has 0 atom stereocenters. The number of unbranched alkanes of at least 4 members (excludes halogenated alkanes) is 10. The molecule has 0 saturated carbocycles. The van der Waals surface area contributed by atoms with E-state index in [-0.39, 0.29) is 0 Å². The lowest BCUT2D eigenvalue weighted by Gasteiger charge is -2.04. The zero-order valence-electron chi connectivity index (χ0n) is 24.5. The molecule has 6 aromatic rings. The second kappa shape index (κ2) is 12.5. The number of fused-ring (bicyclic) bond motifs is 10. The molecule has 0 radical (unpaired) electrons. The number of aryl methyl sites for hydroxylation is 2. The number of rotatable bonds is 14. The van der Waals surface area contributed by atoms with Crippen molar-refractivity contribution in [2.75, 3.05) is 0 Å². The maximum Gasteiger partial charge on any atom is 0.179 e. The van der Waals surface area contributed by atoms with Crippen molar-refractivity contribution in [1.29, 1.82) is 0 Å². The van der Waals surface area contributed by atoms with Crippen LogP contribution in [0.5, 0.6) is 0 Å². The second-order valence-corrected chi connectivity index (χ2v) is 11.9. The fourth-order valence-electron chi connectivity index (χ4n) is 6.59. The summed E-state index contributed by atoms with van der Waals surface area (Å²) in [6.45, 7) is 4.55. The first kappa shape index (κ1) is 26.9. The van der Waals surface area contributed by atoms with Gasteiger partial charge < -0.3 is 8.83 Å². The van der Waals surface area contributed by atoms with Gasteiger partial charge in [0.25, 0.3) is 0 Å². The summed E-state index contributed by atoms with van der Waals surface area (Å²) in [5.41, 5.74) is 6.45. The first-order valence-electron chi connectivity index (χ1n) is 16.0. The minimum absolute atomic E-state index is 0.883. The number of hydrogen-bond acceptors (Lipinski definition) is 2. The molecule has 0 N–H and O–H groups in total. The van der Waals surface area contributed by atoms with Crippen LogP contribution in [0.2, 0.25) is 0 Å². The first-order valence-corrected chi connectivity index (χ1v) is 16.0. The SMILES string of the molecule is CCCCCCCCc1ccc2c(c1)oc1c3oc4cc(CCCCCCCC)ccc4c3c3ccccc3c21. The van der Waals surface area contributed by atoms with Gasteiger partial charge in [-0.2, -0.15) is 0 Å². The van der Waals surface area contributed by atoms with Gasteiger partial charge in [0.05, 0.1) is 0 Å². The van der Waals surface area contributed by atoms with Crippen molar-refractivity contribution in [3.8, 4) is 0 Å². The summed E-state index contributed by atoms with van der Waals surface area (Å²) in [6.07, 6.45) is 18.1. The Kier molecular flexibility index (Phi) is 8.42. The van der Waals surface area contributed by atoms with Gasteiger partial charge in [-0.3, -0.25) is 0 Å². The molecule has 0 aliphatic rings. The van der Waals surface area contributed by atoms with E-state index in [4.69, 9.17) is 8.83 Å². The minimum Gasteiger partial charge on any atom is -0.452 e. The second-order valence-electron chi connectivity index (χ2n) is 11.9. The van der Waals surface area contributed by atoms with Crippen molar-refractivity contribution in [3.63, 3.8) is 0 Å². The fourth-order valence-corrected chi connectivity index (χ4v) is 6.59. The molecule has 0 unspecified atom stereocenters. The van der Waals surface area contributed by atoms with Crippen LogP contribution in [0.15, 0.2) is 69.5 Å². The standard InChI is InChI=1S/C38H44O2/c1-3-5-7-9-11-13-17-27-21-23-31-33(25-27)39-37-35(31)29-19-15-16-20-30(29)36-32-24-22-28(26-34(32)40-38(36)37)18-14-12-10-8-6-4-2/h15-16,19-26H,3-14,17-18H2,1-2H3. The van der Waals surface area contributed by atoms with Crippen LogP contribution >= 0.6 is 0 Å². The van der Waals surface area contributed by atoms with E-state index in [2.05, 4.69) is 74.5 Å². The summed E-state index contributed by atoms with van der Waals surface area (Å²) in [5, 5.41) is 7.21. The highest BCUT2D eigenvalue weighted by atomic mass is 16.4. The van der Waals surface area contributed by atoms with Gasteiger partial charge in [0.15, 0.2) is 11.2 Å². The first-order chi connectivity index (χ1) is 19.8. The van der Waals surface area contributed by atoms with Gasteiger partial charge >= 0.3 is 0 Å². The molecular formula is C38H44O2. The Bertz CT molecular complexity index is 1600. The molecule has 2 aromatic heterocycles. The van der Waals surface area contributed by atoms with Gasteiger partial charge in [-0.1, -0.05) is 127 Å². The Hall–Kier alpha value is -3.26. The lowest BCUT2D eigenvalue weighted by molar-refractivity contribution is 0.606. The van der Waals surface area contributed by atoms with Crippen molar-refractivity contribution < 1.29 is 8.83 Å². The smallest absolute Gasteiger partial charge is 0.179 e. The van der Waals surface area contributed by atoms with E-state index in [0.717, 1.165) is 35.2 Å². The third kappa shape index (κ3) is 5.38. The van der Waals surface area contributed by atoms with Crippen LogP contribution in [-0.4, -0.2) is 0 Å². The summed E-state index contributed by atoms with van der Waals surface area (Å²) in [7, 11) is 0. The van der Waals surface area contributed by atoms with Crippen LogP contribution in [0.1, 0.15) is 102 Å². The third-order valence-corrected chi connectivity index (χ3v) is 8.82. The van der Waals surface area contributed by atoms with E-state index in [1.54, 1.807) is 0 Å². The molecule has 2 heteroatoms. The van der Waals surface area contributed by atoms with Crippen LogP contribution in [-0.2, 0) is 12.8 Å². The third-order valence-electron chi connectivity index (χ3n) is 8.82. The Morgan fingerprint density at radius 1 is 0.450 bits per heavy atom. The predicted molar refractivity (Wildman–Crippen MR) is 173 cm³/mol. The van der Waals surface area contributed by atoms with E-state index < -0.39 is 0 Å². The van der Waals surface area contributed by atoms with Gasteiger partial charge in [0, 0.05) is 21.5 Å². The molecule has 6 rings (SSSR count). The molecule has 0 aliphatic heterocycles. The highest BCUT2D eigenvalue weighted by molar-refractivity contribution is 6.33. The molecule has 0 aliphatic carbocycles. The highest BCUT2D eigenvalue weighted by Crippen LogP contribution is 2.44. The molecule has 0 bridgehead atoms. The van der Waals surface area contributed by atoms with Gasteiger partial charge in [0.2, 0.25) is 0 Å². The van der Waals surface area contributed by atoms with Gasteiger partial charge in [-0.05, 0) is 59.7 Å². The zero-order valence-corrected chi connectivity index (χ0v) is 24.5. The number of furan rings is 2. The van der Waals surface area contributed by atoms with E-state index in [1.165, 1.54) is 120 Å². The number of hydrogen-bond donors (Lipinski definition) is 0. The monoisotopic (exact) mass is 532 g/mol.